The monoisotopic (exact) mass is 469 g/mol. The molecule has 6 rings (SSSR count). The Hall–Kier alpha value is -4.11. The summed E-state index contributed by atoms with van der Waals surface area (Å²) in [6.07, 6.45) is 4.91. The van der Waals surface area contributed by atoms with Crippen molar-refractivity contribution in [2.75, 3.05) is 5.32 Å². The number of nitrogens with one attached hydrogen (secondary N) is 3. The lowest BCUT2D eigenvalue weighted by molar-refractivity contribution is 0.638. The van der Waals surface area contributed by atoms with Crippen molar-refractivity contribution < 1.29 is 4.39 Å². The maximum absolute atomic E-state index is 15.9. The molecule has 5 heterocycles. The number of fused-ring (bicyclic) bond motifs is 2. The number of imidazole rings is 1. The molecule has 0 aliphatic heterocycles. The molecule has 0 saturated heterocycles. The first-order chi connectivity index (χ1) is 16.6. The van der Waals surface area contributed by atoms with Crippen LogP contribution >= 0.6 is 11.3 Å². The van der Waals surface area contributed by atoms with Crippen LogP contribution in [0.15, 0.2) is 59.7 Å². The van der Waals surface area contributed by atoms with Gasteiger partial charge in [-0.05, 0) is 48.4 Å². The van der Waals surface area contributed by atoms with Gasteiger partial charge >= 0.3 is 0 Å². The van der Waals surface area contributed by atoms with E-state index in [1.165, 1.54) is 0 Å². The fourth-order valence-corrected chi connectivity index (χ4v) is 4.78. The van der Waals surface area contributed by atoms with Crippen molar-refractivity contribution in [2.24, 2.45) is 0 Å². The van der Waals surface area contributed by atoms with E-state index in [0.717, 1.165) is 27.8 Å². The summed E-state index contributed by atoms with van der Waals surface area (Å²) in [6, 6.07) is 10.1. The van der Waals surface area contributed by atoms with Crippen LogP contribution in [0, 0.1) is 5.82 Å². The maximum Gasteiger partial charge on any atom is 0.161 e. The van der Waals surface area contributed by atoms with E-state index in [1.807, 2.05) is 43.5 Å². The van der Waals surface area contributed by atoms with E-state index in [4.69, 9.17) is 4.98 Å². The minimum Gasteiger partial charge on any atom is -0.382 e. The Balaban J connectivity index is 1.50. The third kappa shape index (κ3) is 3.41. The van der Waals surface area contributed by atoms with Gasteiger partial charge in [0.05, 0.1) is 33.8 Å². The molecule has 0 aliphatic rings. The predicted molar refractivity (Wildman–Crippen MR) is 134 cm³/mol. The molecular formula is C25H20FN7S. The molecule has 0 fully saturated rings. The fourth-order valence-electron chi connectivity index (χ4n) is 4.12. The Bertz CT molecular complexity index is 1630. The highest BCUT2D eigenvalue weighted by molar-refractivity contribution is 7.08. The summed E-state index contributed by atoms with van der Waals surface area (Å²) in [6.45, 7) is 4.07. The van der Waals surface area contributed by atoms with Gasteiger partial charge in [-0.25, -0.2) is 9.37 Å². The molecule has 168 valence electrons. The molecule has 0 atom stereocenters. The first kappa shape index (κ1) is 20.5. The summed E-state index contributed by atoms with van der Waals surface area (Å²) in [7, 11) is 0. The molecule has 6 aromatic rings. The van der Waals surface area contributed by atoms with Gasteiger partial charge in [-0.1, -0.05) is 12.1 Å². The van der Waals surface area contributed by atoms with E-state index in [0.29, 0.717) is 28.0 Å². The molecule has 0 spiro atoms. The minimum absolute atomic E-state index is 0.213. The molecule has 9 heteroatoms. The smallest absolute Gasteiger partial charge is 0.161 e. The molecule has 34 heavy (non-hydrogen) atoms. The molecule has 0 saturated carbocycles. The standard InChI is InChI=1S/C25H20FN7S/c1-13(2)29-16-8-15(9-27-10-16)22-21(26)20-19(11-28-22)32-33-24(20)25-30-18-5-3-4-17(23(18)31-25)14-6-7-34-12-14/h3-13,29H,1-2H3,(H,30,31)(H,32,33). The van der Waals surface area contributed by atoms with Gasteiger partial charge in [0.1, 0.15) is 11.4 Å². The molecule has 0 radical (unpaired) electrons. The van der Waals surface area contributed by atoms with Crippen LogP contribution in [-0.4, -0.2) is 36.2 Å². The molecule has 5 aromatic heterocycles. The lowest BCUT2D eigenvalue weighted by atomic mass is 10.1. The number of nitrogens with zero attached hydrogens (tertiary/aromatic N) is 4. The van der Waals surface area contributed by atoms with Crippen molar-refractivity contribution in [3.63, 3.8) is 0 Å². The first-order valence-corrected chi connectivity index (χ1v) is 11.8. The Morgan fingerprint density at radius 1 is 1.03 bits per heavy atom. The number of thiophene rings is 1. The number of aromatic nitrogens is 6. The van der Waals surface area contributed by atoms with Gasteiger partial charge in [0.25, 0.3) is 0 Å². The van der Waals surface area contributed by atoms with E-state index >= 15 is 4.39 Å². The molecule has 0 amide bonds. The zero-order valence-corrected chi connectivity index (χ0v) is 19.2. The number of para-hydroxylation sites is 1. The van der Waals surface area contributed by atoms with Crippen LogP contribution in [0.5, 0.6) is 0 Å². The van der Waals surface area contributed by atoms with Gasteiger partial charge in [0.2, 0.25) is 0 Å². The minimum atomic E-state index is -0.469. The van der Waals surface area contributed by atoms with Crippen LogP contribution in [0.4, 0.5) is 10.1 Å². The molecular weight excluding hydrogens is 449 g/mol. The SMILES string of the molecule is CC(C)Nc1cncc(-c2ncc3[nH]nc(-c4nc5c(-c6ccsc6)cccc5[nH]4)c3c2F)c1. The van der Waals surface area contributed by atoms with Gasteiger partial charge in [-0.2, -0.15) is 16.4 Å². The number of hydrogen-bond donors (Lipinski definition) is 3. The number of halogens is 1. The highest BCUT2D eigenvalue weighted by atomic mass is 32.1. The number of H-pyrrole nitrogens is 2. The van der Waals surface area contributed by atoms with Crippen LogP contribution in [0.3, 0.4) is 0 Å². The number of hydrogen-bond acceptors (Lipinski definition) is 6. The quantitative estimate of drug-likeness (QED) is 0.277. The normalized spacial score (nSPS) is 11.6. The number of pyridine rings is 2. The second kappa shape index (κ2) is 8.03. The van der Waals surface area contributed by atoms with E-state index in [1.54, 1.807) is 29.9 Å². The molecule has 7 nitrogen and oxygen atoms in total. The maximum atomic E-state index is 15.9. The van der Waals surface area contributed by atoms with Gasteiger partial charge in [-0.3, -0.25) is 15.1 Å². The zero-order valence-electron chi connectivity index (χ0n) is 18.4. The van der Waals surface area contributed by atoms with Gasteiger partial charge in [0, 0.05) is 29.6 Å². The van der Waals surface area contributed by atoms with E-state index in [2.05, 4.69) is 41.9 Å². The van der Waals surface area contributed by atoms with E-state index < -0.39 is 5.82 Å². The molecule has 0 unspecified atom stereocenters. The Morgan fingerprint density at radius 2 is 1.94 bits per heavy atom. The Morgan fingerprint density at radius 3 is 2.76 bits per heavy atom. The van der Waals surface area contributed by atoms with Gasteiger partial charge in [0.15, 0.2) is 11.6 Å². The third-order valence-corrected chi connectivity index (χ3v) is 6.26. The molecule has 3 N–H and O–H groups in total. The molecule has 0 aliphatic carbocycles. The Labute approximate surface area is 198 Å². The van der Waals surface area contributed by atoms with Crippen LogP contribution in [-0.2, 0) is 0 Å². The number of anilines is 1. The van der Waals surface area contributed by atoms with Crippen molar-refractivity contribution in [2.45, 2.75) is 19.9 Å². The van der Waals surface area contributed by atoms with Crippen LogP contribution in [0.2, 0.25) is 0 Å². The van der Waals surface area contributed by atoms with Crippen molar-refractivity contribution in [1.82, 2.24) is 30.1 Å². The van der Waals surface area contributed by atoms with Crippen LogP contribution < -0.4 is 5.32 Å². The highest BCUT2D eigenvalue weighted by Gasteiger charge is 2.21. The molecule has 0 bridgehead atoms. The van der Waals surface area contributed by atoms with E-state index in [-0.39, 0.29) is 11.7 Å². The second-order valence-corrected chi connectivity index (χ2v) is 9.12. The third-order valence-electron chi connectivity index (χ3n) is 5.58. The zero-order chi connectivity index (χ0) is 23.2. The average Bonchev–Trinajstić information content (AvgIpc) is 3.57. The number of benzene rings is 1. The Kier molecular flexibility index (Phi) is 4.84. The predicted octanol–water partition coefficient (Wildman–Crippen LogP) is 6.25. The lowest BCUT2D eigenvalue weighted by Gasteiger charge is -2.11. The van der Waals surface area contributed by atoms with Gasteiger partial charge < -0.3 is 10.3 Å². The van der Waals surface area contributed by atoms with Crippen molar-refractivity contribution in [3.8, 4) is 33.9 Å². The largest absolute Gasteiger partial charge is 0.382 e. The highest BCUT2D eigenvalue weighted by Crippen LogP contribution is 2.35. The summed E-state index contributed by atoms with van der Waals surface area (Å²) in [5.41, 5.74) is 6.31. The first-order valence-electron chi connectivity index (χ1n) is 10.8. The molecule has 1 aromatic carbocycles. The van der Waals surface area contributed by atoms with Crippen molar-refractivity contribution >= 4 is 39.0 Å². The number of aromatic amines is 2. The van der Waals surface area contributed by atoms with Crippen LogP contribution in [0.1, 0.15) is 13.8 Å². The summed E-state index contributed by atoms with van der Waals surface area (Å²) in [5, 5.41) is 15.0. The summed E-state index contributed by atoms with van der Waals surface area (Å²) in [5.74, 6) is 0.0246. The topological polar surface area (TPSA) is 95.2 Å². The lowest BCUT2D eigenvalue weighted by Crippen LogP contribution is -2.09. The summed E-state index contributed by atoms with van der Waals surface area (Å²) < 4.78 is 15.9. The van der Waals surface area contributed by atoms with Gasteiger partial charge in [-0.15, -0.1) is 0 Å². The summed E-state index contributed by atoms with van der Waals surface area (Å²) in [4.78, 5) is 16.7. The fraction of sp³-hybridized carbons (Fsp3) is 0.120. The average molecular weight is 470 g/mol. The van der Waals surface area contributed by atoms with Crippen LogP contribution in [0.25, 0.3) is 55.8 Å². The van der Waals surface area contributed by atoms with Crippen molar-refractivity contribution in [3.05, 3.63) is 65.5 Å². The second-order valence-electron chi connectivity index (χ2n) is 8.34. The van der Waals surface area contributed by atoms with Crippen molar-refractivity contribution in [1.29, 1.82) is 0 Å². The van der Waals surface area contributed by atoms with E-state index in [9.17, 15) is 0 Å². The summed E-state index contributed by atoms with van der Waals surface area (Å²) >= 11 is 1.63. The number of rotatable bonds is 5.